The van der Waals surface area contributed by atoms with Gasteiger partial charge in [0.25, 0.3) is 5.91 Å². The standard InChI is InChI=1S/C19H15Cl2N3O3/c1-19(13-4-7-15(20)16(21)10-13)17(25)24(18(26)23-19)8-9-27-14-5-2-12(11-22)3-6-14/h2-7,10H,8-9H2,1H3,(H,23,26). The number of carbonyl (C=O) groups excluding carboxylic acids is 2. The zero-order valence-electron chi connectivity index (χ0n) is 14.3. The van der Waals surface area contributed by atoms with Crippen molar-refractivity contribution in [3.05, 3.63) is 63.6 Å². The third-order valence-corrected chi connectivity index (χ3v) is 5.08. The molecule has 0 spiro atoms. The molecule has 1 saturated heterocycles. The molecule has 1 N–H and O–H groups in total. The lowest BCUT2D eigenvalue weighted by Gasteiger charge is -2.22. The van der Waals surface area contributed by atoms with Gasteiger partial charge < -0.3 is 10.1 Å². The van der Waals surface area contributed by atoms with Crippen LogP contribution in [0.3, 0.4) is 0 Å². The van der Waals surface area contributed by atoms with Gasteiger partial charge in [-0.25, -0.2) is 4.79 Å². The summed E-state index contributed by atoms with van der Waals surface area (Å²) in [6.45, 7) is 1.83. The number of hydrogen-bond acceptors (Lipinski definition) is 4. The molecule has 0 saturated carbocycles. The Morgan fingerprint density at radius 3 is 2.48 bits per heavy atom. The number of halogens is 2. The first-order chi connectivity index (χ1) is 12.8. The summed E-state index contributed by atoms with van der Waals surface area (Å²) in [6, 6.07) is 12.9. The van der Waals surface area contributed by atoms with Crippen LogP contribution in [0.15, 0.2) is 42.5 Å². The Morgan fingerprint density at radius 1 is 1.15 bits per heavy atom. The van der Waals surface area contributed by atoms with Crippen molar-refractivity contribution in [3.63, 3.8) is 0 Å². The first kappa shape index (κ1) is 19.0. The Hall–Kier alpha value is -2.75. The van der Waals surface area contributed by atoms with Gasteiger partial charge in [0.15, 0.2) is 0 Å². The number of nitrogens with one attached hydrogen (secondary N) is 1. The molecule has 138 valence electrons. The van der Waals surface area contributed by atoms with Crippen molar-refractivity contribution < 1.29 is 14.3 Å². The average molecular weight is 404 g/mol. The minimum Gasteiger partial charge on any atom is -0.492 e. The normalized spacial score (nSPS) is 19.0. The van der Waals surface area contributed by atoms with Gasteiger partial charge in [-0.15, -0.1) is 0 Å². The van der Waals surface area contributed by atoms with Crippen LogP contribution in [0.25, 0.3) is 0 Å². The summed E-state index contributed by atoms with van der Waals surface area (Å²) in [6.07, 6.45) is 0. The van der Waals surface area contributed by atoms with Crippen molar-refractivity contribution in [2.24, 2.45) is 0 Å². The highest BCUT2D eigenvalue weighted by molar-refractivity contribution is 6.42. The summed E-state index contributed by atoms with van der Waals surface area (Å²) in [5.41, 5.74) is -0.153. The quantitative estimate of drug-likeness (QED) is 0.771. The summed E-state index contributed by atoms with van der Waals surface area (Å²) < 4.78 is 5.55. The number of ether oxygens (including phenoxy) is 1. The van der Waals surface area contributed by atoms with E-state index < -0.39 is 17.5 Å². The van der Waals surface area contributed by atoms with Crippen molar-refractivity contribution in [1.82, 2.24) is 10.2 Å². The molecule has 8 heteroatoms. The van der Waals surface area contributed by atoms with Gasteiger partial charge in [0.05, 0.1) is 28.2 Å². The number of hydrogen-bond donors (Lipinski definition) is 1. The van der Waals surface area contributed by atoms with Crippen LogP contribution in [0.4, 0.5) is 4.79 Å². The first-order valence-electron chi connectivity index (χ1n) is 8.08. The van der Waals surface area contributed by atoms with E-state index >= 15 is 0 Å². The van der Waals surface area contributed by atoms with Crippen molar-refractivity contribution in [1.29, 1.82) is 5.26 Å². The Balaban J connectivity index is 1.68. The van der Waals surface area contributed by atoms with E-state index in [9.17, 15) is 9.59 Å². The molecule has 0 aliphatic carbocycles. The van der Waals surface area contributed by atoms with Gasteiger partial charge in [-0.1, -0.05) is 29.3 Å². The third kappa shape index (κ3) is 3.70. The van der Waals surface area contributed by atoms with Gasteiger partial charge in [0.1, 0.15) is 17.9 Å². The Kier molecular flexibility index (Phi) is 5.26. The second-order valence-corrected chi connectivity index (χ2v) is 6.94. The van der Waals surface area contributed by atoms with E-state index in [1.54, 1.807) is 49.4 Å². The zero-order chi connectivity index (χ0) is 19.6. The van der Waals surface area contributed by atoms with E-state index in [1.807, 2.05) is 6.07 Å². The van der Waals surface area contributed by atoms with Crippen LogP contribution >= 0.6 is 23.2 Å². The van der Waals surface area contributed by atoms with Crippen LogP contribution in [0.2, 0.25) is 10.0 Å². The number of nitrogens with zero attached hydrogens (tertiary/aromatic N) is 2. The van der Waals surface area contributed by atoms with E-state index in [-0.39, 0.29) is 13.2 Å². The van der Waals surface area contributed by atoms with Gasteiger partial charge >= 0.3 is 6.03 Å². The van der Waals surface area contributed by atoms with Gasteiger partial charge in [0.2, 0.25) is 0 Å². The second kappa shape index (κ2) is 7.47. The maximum atomic E-state index is 12.8. The van der Waals surface area contributed by atoms with E-state index in [0.29, 0.717) is 26.9 Å². The number of rotatable bonds is 5. The lowest BCUT2D eigenvalue weighted by atomic mass is 9.92. The van der Waals surface area contributed by atoms with Crippen LogP contribution in [-0.2, 0) is 10.3 Å². The van der Waals surface area contributed by atoms with Gasteiger partial charge in [-0.2, -0.15) is 5.26 Å². The number of urea groups is 1. The molecule has 2 aromatic carbocycles. The molecule has 1 aliphatic heterocycles. The van der Waals surface area contributed by atoms with E-state index in [1.165, 1.54) is 0 Å². The monoisotopic (exact) mass is 403 g/mol. The van der Waals surface area contributed by atoms with E-state index in [2.05, 4.69) is 5.32 Å². The number of imide groups is 1. The second-order valence-electron chi connectivity index (χ2n) is 6.13. The molecule has 0 bridgehead atoms. The van der Waals surface area contributed by atoms with Crippen LogP contribution in [0.5, 0.6) is 5.75 Å². The Bertz CT molecular complexity index is 940. The molecular weight excluding hydrogens is 389 g/mol. The molecule has 1 unspecified atom stereocenters. The minimum atomic E-state index is -1.22. The molecule has 0 radical (unpaired) electrons. The van der Waals surface area contributed by atoms with Crippen molar-refractivity contribution in [3.8, 4) is 11.8 Å². The topological polar surface area (TPSA) is 82.4 Å². The highest BCUT2D eigenvalue weighted by Crippen LogP contribution is 2.32. The summed E-state index contributed by atoms with van der Waals surface area (Å²) in [4.78, 5) is 26.2. The number of amides is 3. The molecule has 2 aromatic rings. The van der Waals surface area contributed by atoms with Gasteiger partial charge in [-0.3, -0.25) is 9.69 Å². The first-order valence-corrected chi connectivity index (χ1v) is 8.83. The third-order valence-electron chi connectivity index (χ3n) is 4.34. The van der Waals surface area contributed by atoms with E-state index in [4.69, 9.17) is 33.2 Å². The molecule has 0 aromatic heterocycles. The maximum absolute atomic E-state index is 12.8. The fraction of sp³-hybridized carbons (Fsp3) is 0.211. The van der Waals surface area contributed by atoms with Gasteiger partial charge in [-0.05, 0) is 48.9 Å². The smallest absolute Gasteiger partial charge is 0.325 e. The predicted molar refractivity (Wildman–Crippen MR) is 101 cm³/mol. The molecule has 1 atom stereocenters. The van der Waals surface area contributed by atoms with Crippen LogP contribution in [0, 0.1) is 11.3 Å². The fourth-order valence-corrected chi connectivity index (χ4v) is 3.08. The number of benzene rings is 2. The molecule has 1 aliphatic rings. The van der Waals surface area contributed by atoms with Crippen LogP contribution in [0.1, 0.15) is 18.1 Å². The maximum Gasteiger partial charge on any atom is 0.325 e. The summed E-state index contributed by atoms with van der Waals surface area (Å²) in [7, 11) is 0. The summed E-state index contributed by atoms with van der Waals surface area (Å²) in [5, 5.41) is 12.2. The highest BCUT2D eigenvalue weighted by Gasteiger charge is 2.48. The van der Waals surface area contributed by atoms with Crippen LogP contribution in [-0.4, -0.2) is 30.0 Å². The zero-order valence-corrected chi connectivity index (χ0v) is 15.8. The molecule has 1 fully saturated rings. The molecule has 1 heterocycles. The predicted octanol–water partition coefficient (Wildman–Crippen LogP) is 3.71. The van der Waals surface area contributed by atoms with Crippen molar-refractivity contribution >= 4 is 35.1 Å². The molecule has 3 rings (SSSR count). The summed E-state index contributed by atoms with van der Waals surface area (Å²) in [5.74, 6) is 0.155. The van der Waals surface area contributed by atoms with Gasteiger partial charge in [0, 0.05) is 0 Å². The molecular formula is C19H15Cl2N3O3. The largest absolute Gasteiger partial charge is 0.492 e. The molecule has 27 heavy (non-hydrogen) atoms. The fourth-order valence-electron chi connectivity index (χ4n) is 2.78. The summed E-state index contributed by atoms with van der Waals surface area (Å²) >= 11 is 12.0. The SMILES string of the molecule is CC1(c2ccc(Cl)c(Cl)c2)NC(=O)N(CCOc2ccc(C#N)cc2)C1=O. The Morgan fingerprint density at radius 2 is 1.85 bits per heavy atom. The number of nitriles is 1. The molecule has 3 amide bonds. The number of carbonyl (C=O) groups is 2. The average Bonchev–Trinajstić information content (AvgIpc) is 2.88. The van der Waals surface area contributed by atoms with Crippen LogP contribution < -0.4 is 10.1 Å². The van der Waals surface area contributed by atoms with Crippen molar-refractivity contribution in [2.45, 2.75) is 12.5 Å². The van der Waals surface area contributed by atoms with E-state index in [0.717, 1.165) is 4.90 Å². The molecule has 6 nitrogen and oxygen atoms in total. The minimum absolute atomic E-state index is 0.0849. The lowest BCUT2D eigenvalue weighted by Crippen LogP contribution is -2.41. The van der Waals surface area contributed by atoms with Crippen molar-refractivity contribution in [2.75, 3.05) is 13.2 Å². The Labute approximate surface area is 166 Å². The highest BCUT2D eigenvalue weighted by atomic mass is 35.5. The lowest BCUT2D eigenvalue weighted by molar-refractivity contribution is -0.131.